The fourth-order valence-corrected chi connectivity index (χ4v) is 2.77. The number of H-pyrrole nitrogens is 1. The molecule has 0 bridgehead atoms. The largest absolute Gasteiger partial charge is 0.474 e. The van der Waals surface area contributed by atoms with Gasteiger partial charge in [-0.3, -0.25) is 9.59 Å². The second-order valence-corrected chi connectivity index (χ2v) is 5.67. The average molecular weight is 313 g/mol. The minimum atomic E-state index is -0.273. The normalized spacial score (nSPS) is 20.7. The smallest absolute Gasteiger partial charge is 0.251 e. The molecule has 1 saturated carbocycles. The Balaban J connectivity index is 1.49. The molecule has 1 fully saturated rings. The van der Waals surface area contributed by atoms with Crippen molar-refractivity contribution >= 4 is 5.91 Å². The van der Waals surface area contributed by atoms with E-state index in [2.05, 4.69) is 15.3 Å². The summed E-state index contributed by atoms with van der Waals surface area (Å²) >= 11 is 0. The summed E-state index contributed by atoms with van der Waals surface area (Å²) in [7, 11) is 0. The van der Waals surface area contributed by atoms with E-state index in [4.69, 9.17) is 4.74 Å². The molecule has 120 valence electrons. The van der Waals surface area contributed by atoms with Crippen LogP contribution in [0.1, 0.15) is 36.0 Å². The zero-order valence-electron chi connectivity index (χ0n) is 12.7. The number of hydrogen-bond acceptors (Lipinski definition) is 4. The van der Waals surface area contributed by atoms with Gasteiger partial charge in [0.1, 0.15) is 6.10 Å². The highest BCUT2D eigenvalue weighted by molar-refractivity contribution is 5.94. The summed E-state index contributed by atoms with van der Waals surface area (Å²) in [6, 6.07) is 8.63. The highest BCUT2D eigenvalue weighted by Gasteiger charge is 2.24. The van der Waals surface area contributed by atoms with Crippen LogP contribution in [0.4, 0.5) is 0 Å². The molecule has 2 aromatic heterocycles. The van der Waals surface area contributed by atoms with Crippen molar-refractivity contribution in [3.8, 4) is 5.88 Å². The Hall–Kier alpha value is -2.63. The van der Waals surface area contributed by atoms with Crippen molar-refractivity contribution in [1.29, 1.82) is 0 Å². The quantitative estimate of drug-likeness (QED) is 0.903. The number of nitrogens with zero attached hydrogens (tertiary/aromatic N) is 1. The third kappa shape index (κ3) is 4.18. The molecule has 6 heteroatoms. The van der Waals surface area contributed by atoms with Crippen molar-refractivity contribution in [3.63, 3.8) is 0 Å². The predicted molar refractivity (Wildman–Crippen MR) is 85.4 cm³/mol. The van der Waals surface area contributed by atoms with Gasteiger partial charge in [0.2, 0.25) is 11.4 Å². The van der Waals surface area contributed by atoms with Gasteiger partial charge in [0.05, 0.1) is 0 Å². The van der Waals surface area contributed by atoms with E-state index >= 15 is 0 Å². The molecule has 2 heterocycles. The van der Waals surface area contributed by atoms with E-state index in [1.807, 2.05) is 18.2 Å². The lowest BCUT2D eigenvalue weighted by Gasteiger charge is -2.29. The van der Waals surface area contributed by atoms with Crippen LogP contribution in [0.3, 0.4) is 0 Å². The van der Waals surface area contributed by atoms with E-state index in [1.165, 1.54) is 12.3 Å². The highest BCUT2D eigenvalue weighted by Crippen LogP contribution is 2.22. The van der Waals surface area contributed by atoms with Gasteiger partial charge in [-0.25, -0.2) is 4.98 Å². The van der Waals surface area contributed by atoms with E-state index in [1.54, 1.807) is 12.3 Å². The van der Waals surface area contributed by atoms with Gasteiger partial charge in [-0.2, -0.15) is 0 Å². The Morgan fingerprint density at radius 3 is 2.74 bits per heavy atom. The van der Waals surface area contributed by atoms with Gasteiger partial charge in [0.15, 0.2) is 0 Å². The first kappa shape index (κ1) is 15.3. The van der Waals surface area contributed by atoms with Gasteiger partial charge < -0.3 is 15.0 Å². The molecule has 1 aliphatic rings. The summed E-state index contributed by atoms with van der Waals surface area (Å²) in [4.78, 5) is 30.0. The molecule has 0 radical (unpaired) electrons. The van der Waals surface area contributed by atoms with E-state index in [0.29, 0.717) is 11.4 Å². The van der Waals surface area contributed by atoms with Crippen LogP contribution >= 0.6 is 0 Å². The van der Waals surface area contributed by atoms with Gasteiger partial charge >= 0.3 is 0 Å². The molecular weight excluding hydrogens is 294 g/mol. The molecule has 0 aliphatic heterocycles. The van der Waals surface area contributed by atoms with Crippen molar-refractivity contribution in [1.82, 2.24) is 15.3 Å². The van der Waals surface area contributed by atoms with Gasteiger partial charge in [-0.05, 0) is 37.8 Å². The Bertz CT molecular complexity index is 706. The van der Waals surface area contributed by atoms with E-state index in [0.717, 1.165) is 25.7 Å². The first-order chi connectivity index (χ1) is 11.2. The second kappa shape index (κ2) is 7.09. The van der Waals surface area contributed by atoms with Crippen LogP contribution in [0.2, 0.25) is 0 Å². The Morgan fingerprint density at radius 2 is 2.04 bits per heavy atom. The SMILES string of the molecule is O=C(NC1CCC(Oc2ccccn2)CC1)c1cc[nH]c(=O)c1. The summed E-state index contributed by atoms with van der Waals surface area (Å²) in [5.41, 5.74) is 0.116. The average Bonchev–Trinajstić information content (AvgIpc) is 2.57. The van der Waals surface area contributed by atoms with E-state index < -0.39 is 0 Å². The number of pyridine rings is 2. The van der Waals surface area contributed by atoms with E-state index in [-0.39, 0.29) is 23.6 Å². The number of nitrogens with one attached hydrogen (secondary N) is 2. The van der Waals surface area contributed by atoms with Crippen molar-refractivity contribution in [2.45, 2.75) is 37.8 Å². The van der Waals surface area contributed by atoms with Crippen LogP contribution in [0.15, 0.2) is 47.5 Å². The number of carbonyl (C=O) groups is 1. The molecule has 2 N–H and O–H groups in total. The minimum Gasteiger partial charge on any atom is -0.474 e. The number of hydrogen-bond donors (Lipinski definition) is 2. The number of amides is 1. The number of aromatic nitrogens is 2. The molecule has 3 rings (SSSR count). The lowest BCUT2D eigenvalue weighted by Crippen LogP contribution is -2.40. The molecule has 0 spiro atoms. The monoisotopic (exact) mass is 313 g/mol. The maximum Gasteiger partial charge on any atom is 0.251 e. The van der Waals surface area contributed by atoms with Crippen molar-refractivity contribution < 1.29 is 9.53 Å². The van der Waals surface area contributed by atoms with Crippen LogP contribution in [0.5, 0.6) is 5.88 Å². The van der Waals surface area contributed by atoms with Crippen molar-refractivity contribution in [2.75, 3.05) is 0 Å². The molecule has 23 heavy (non-hydrogen) atoms. The Kier molecular flexibility index (Phi) is 4.71. The Morgan fingerprint density at radius 1 is 1.22 bits per heavy atom. The van der Waals surface area contributed by atoms with Crippen LogP contribution < -0.4 is 15.6 Å². The molecule has 2 aromatic rings. The zero-order chi connectivity index (χ0) is 16.1. The van der Waals surface area contributed by atoms with Crippen LogP contribution in [-0.2, 0) is 0 Å². The molecule has 1 amide bonds. The number of rotatable bonds is 4. The fourth-order valence-electron chi connectivity index (χ4n) is 2.77. The molecule has 0 atom stereocenters. The maximum atomic E-state index is 12.1. The second-order valence-electron chi connectivity index (χ2n) is 5.67. The van der Waals surface area contributed by atoms with Crippen molar-refractivity contribution in [3.05, 3.63) is 58.6 Å². The van der Waals surface area contributed by atoms with Crippen molar-refractivity contribution in [2.24, 2.45) is 0 Å². The number of carbonyl (C=O) groups excluding carboxylic acids is 1. The standard InChI is InChI=1S/C17H19N3O3/c21-15-11-12(8-10-18-15)17(22)20-13-4-6-14(7-5-13)23-16-3-1-2-9-19-16/h1-3,8-11,13-14H,4-7H2,(H,18,21)(H,20,22). The summed E-state index contributed by atoms with van der Waals surface area (Å²) in [5.74, 6) is 0.439. The summed E-state index contributed by atoms with van der Waals surface area (Å²) in [6.45, 7) is 0. The molecule has 6 nitrogen and oxygen atoms in total. The maximum absolute atomic E-state index is 12.1. The van der Waals surface area contributed by atoms with Crippen LogP contribution in [-0.4, -0.2) is 28.0 Å². The first-order valence-electron chi connectivity index (χ1n) is 7.78. The zero-order valence-corrected chi connectivity index (χ0v) is 12.7. The first-order valence-corrected chi connectivity index (χ1v) is 7.78. The van der Waals surface area contributed by atoms with Gasteiger partial charge in [0, 0.05) is 36.1 Å². The molecular formula is C17H19N3O3. The molecule has 0 aromatic carbocycles. The highest BCUT2D eigenvalue weighted by atomic mass is 16.5. The minimum absolute atomic E-state index is 0.116. The molecule has 1 aliphatic carbocycles. The third-order valence-corrected chi connectivity index (χ3v) is 3.97. The van der Waals surface area contributed by atoms with Gasteiger partial charge in [0.25, 0.3) is 5.91 Å². The molecule has 0 unspecified atom stereocenters. The lowest BCUT2D eigenvalue weighted by molar-refractivity contribution is 0.0890. The summed E-state index contributed by atoms with van der Waals surface area (Å²) in [6.07, 6.45) is 6.78. The number of ether oxygens (including phenoxy) is 1. The van der Waals surface area contributed by atoms with Gasteiger partial charge in [-0.1, -0.05) is 6.07 Å². The fraction of sp³-hybridized carbons (Fsp3) is 0.353. The van der Waals surface area contributed by atoms with Crippen LogP contribution in [0.25, 0.3) is 0 Å². The van der Waals surface area contributed by atoms with Gasteiger partial charge in [-0.15, -0.1) is 0 Å². The Labute approximate surface area is 133 Å². The third-order valence-electron chi connectivity index (χ3n) is 3.97. The summed E-state index contributed by atoms with van der Waals surface area (Å²) in [5, 5.41) is 2.98. The summed E-state index contributed by atoms with van der Waals surface area (Å²) < 4.78 is 5.84. The van der Waals surface area contributed by atoms with E-state index in [9.17, 15) is 9.59 Å². The number of aromatic amines is 1. The topological polar surface area (TPSA) is 84.1 Å². The predicted octanol–water partition coefficient (Wildman–Crippen LogP) is 1.89. The van der Waals surface area contributed by atoms with Crippen LogP contribution in [0, 0.1) is 0 Å². The lowest BCUT2D eigenvalue weighted by atomic mass is 9.92. The molecule has 0 saturated heterocycles.